The lowest BCUT2D eigenvalue weighted by Crippen LogP contribution is -2.10. The van der Waals surface area contributed by atoms with Crippen molar-refractivity contribution in [3.8, 4) is 0 Å². The molecule has 0 unspecified atom stereocenters. The number of hydrogen-bond donors (Lipinski definition) is 0. The number of fused-ring (bicyclic) bond motifs is 1. The summed E-state index contributed by atoms with van der Waals surface area (Å²) in [5.74, 6) is 0. The molecule has 76 valence electrons. The van der Waals surface area contributed by atoms with Crippen molar-refractivity contribution in [2.75, 3.05) is 13.3 Å². The number of rotatable bonds is 2. The molecule has 0 saturated carbocycles. The van der Waals surface area contributed by atoms with Gasteiger partial charge in [-0.05, 0) is 24.0 Å². The van der Waals surface area contributed by atoms with Crippen LogP contribution >= 0.6 is 7.37 Å². The van der Waals surface area contributed by atoms with Crippen molar-refractivity contribution in [2.24, 2.45) is 0 Å². The minimum absolute atomic E-state index is 0.119. The van der Waals surface area contributed by atoms with Crippen molar-refractivity contribution >= 4 is 7.37 Å². The Morgan fingerprint density at radius 2 is 1.71 bits per heavy atom. The first-order valence-corrected chi connectivity index (χ1v) is 7.37. The van der Waals surface area contributed by atoms with E-state index in [0.29, 0.717) is 0 Å². The largest absolute Gasteiger partial charge is 0.325 e. The van der Waals surface area contributed by atoms with E-state index < -0.39 is 7.37 Å². The van der Waals surface area contributed by atoms with Crippen molar-refractivity contribution in [1.29, 1.82) is 0 Å². The van der Waals surface area contributed by atoms with E-state index in [1.54, 1.807) is 13.3 Å². The summed E-state index contributed by atoms with van der Waals surface area (Å²) in [5.41, 5.74) is 2.68. The molecule has 1 aliphatic rings. The maximum Gasteiger partial charge on any atom is 0.197 e. The summed E-state index contributed by atoms with van der Waals surface area (Å²) in [4.78, 5) is 0. The molecule has 0 N–H and O–H groups in total. The molecule has 0 heterocycles. The lowest BCUT2D eigenvalue weighted by atomic mass is 10.1. The van der Waals surface area contributed by atoms with Crippen LogP contribution in [0.2, 0.25) is 0 Å². The van der Waals surface area contributed by atoms with Crippen LogP contribution in [0.1, 0.15) is 11.1 Å². The molecule has 0 radical (unpaired) electrons. The fourth-order valence-electron chi connectivity index (χ4n) is 1.95. The second-order valence-corrected chi connectivity index (χ2v) is 6.87. The normalized spacial score (nSPS) is 17.0. The minimum atomic E-state index is -2.34. The standard InChI is InChI=1S/C11H15O2P/c1-14(2,12)13-11-7-9-5-3-4-6-10(9)8-11/h3-6,11H,7-8H2,1-2H3. The zero-order valence-electron chi connectivity index (χ0n) is 8.56. The summed E-state index contributed by atoms with van der Waals surface area (Å²) in [6, 6.07) is 8.32. The summed E-state index contributed by atoms with van der Waals surface area (Å²) >= 11 is 0. The van der Waals surface area contributed by atoms with Gasteiger partial charge in [0.25, 0.3) is 0 Å². The van der Waals surface area contributed by atoms with Crippen LogP contribution in [0, 0.1) is 0 Å². The Labute approximate surface area is 84.7 Å². The third-order valence-electron chi connectivity index (χ3n) is 2.42. The Kier molecular flexibility index (Phi) is 2.50. The average molecular weight is 210 g/mol. The van der Waals surface area contributed by atoms with Gasteiger partial charge in [0.1, 0.15) is 0 Å². The molecule has 0 spiro atoms. The highest BCUT2D eigenvalue weighted by molar-refractivity contribution is 7.57. The molecule has 2 nitrogen and oxygen atoms in total. The van der Waals surface area contributed by atoms with Crippen LogP contribution in [0.25, 0.3) is 0 Å². The highest BCUT2D eigenvalue weighted by Gasteiger charge is 2.25. The van der Waals surface area contributed by atoms with E-state index in [4.69, 9.17) is 4.52 Å². The van der Waals surface area contributed by atoms with Crippen LogP contribution in [0.3, 0.4) is 0 Å². The molecule has 0 fully saturated rings. The second kappa shape index (κ2) is 3.52. The zero-order valence-corrected chi connectivity index (χ0v) is 9.46. The van der Waals surface area contributed by atoms with Crippen LogP contribution in [0.15, 0.2) is 24.3 Å². The van der Waals surface area contributed by atoms with Crippen LogP contribution in [0.5, 0.6) is 0 Å². The molecule has 0 atom stereocenters. The predicted molar refractivity (Wildman–Crippen MR) is 58.2 cm³/mol. The van der Waals surface area contributed by atoms with Gasteiger partial charge in [0.2, 0.25) is 0 Å². The number of benzene rings is 1. The van der Waals surface area contributed by atoms with Gasteiger partial charge < -0.3 is 4.52 Å². The predicted octanol–water partition coefficient (Wildman–Crippen LogP) is 2.71. The lowest BCUT2D eigenvalue weighted by Gasteiger charge is -2.14. The van der Waals surface area contributed by atoms with E-state index in [1.165, 1.54) is 11.1 Å². The maximum atomic E-state index is 11.5. The summed E-state index contributed by atoms with van der Waals surface area (Å²) in [6.07, 6.45) is 1.93. The smallest absolute Gasteiger partial charge is 0.197 e. The minimum Gasteiger partial charge on any atom is -0.325 e. The number of hydrogen-bond acceptors (Lipinski definition) is 2. The van der Waals surface area contributed by atoms with E-state index in [-0.39, 0.29) is 6.10 Å². The molecule has 0 aliphatic heterocycles. The first-order valence-electron chi connectivity index (χ1n) is 4.85. The van der Waals surface area contributed by atoms with Gasteiger partial charge in [-0.2, -0.15) is 0 Å². The lowest BCUT2D eigenvalue weighted by molar-refractivity contribution is 0.221. The van der Waals surface area contributed by atoms with Crippen molar-refractivity contribution in [1.82, 2.24) is 0 Å². The average Bonchev–Trinajstić information content (AvgIpc) is 2.42. The molecule has 1 aromatic rings. The molecule has 0 aromatic heterocycles. The van der Waals surface area contributed by atoms with Gasteiger partial charge in [-0.1, -0.05) is 24.3 Å². The Morgan fingerprint density at radius 1 is 1.21 bits per heavy atom. The third kappa shape index (κ3) is 2.26. The van der Waals surface area contributed by atoms with E-state index >= 15 is 0 Å². The maximum absolute atomic E-state index is 11.5. The molecular formula is C11H15O2P. The highest BCUT2D eigenvalue weighted by Crippen LogP contribution is 2.41. The Balaban J connectivity index is 2.09. The molecule has 1 aliphatic carbocycles. The van der Waals surface area contributed by atoms with Gasteiger partial charge in [-0.25, -0.2) is 0 Å². The fourth-order valence-corrected chi connectivity index (χ4v) is 2.82. The molecular weight excluding hydrogens is 195 g/mol. The molecule has 14 heavy (non-hydrogen) atoms. The van der Waals surface area contributed by atoms with E-state index in [1.807, 2.05) is 12.1 Å². The van der Waals surface area contributed by atoms with Gasteiger partial charge in [-0.15, -0.1) is 0 Å². The summed E-state index contributed by atoms with van der Waals surface area (Å²) in [5, 5.41) is 0. The van der Waals surface area contributed by atoms with E-state index in [2.05, 4.69) is 12.1 Å². The molecule has 0 amide bonds. The highest BCUT2D eigenvalue weighted by atomic mass is 31.2. The van der Waals surface area contributed by atoms with Crippen molar-refractivity contribution < 1.29 is 9.09 Å². The van der Waals surface area contributed by atoms with Gasteiger partial charge in [0.15, 0.2) is 7.37 Å². The Hall–Kier alpha value is -0.590. The van der Waals surface area contributed by atoms with Gasteiger partial charge >= 0.3 is 0 Å². The van der Waals surface area contributed by atoms with Crippen LogP contribution in [-0.2, 0) is 21.9 Å². The van der Waals surface area contributed by atoms with Crippen LogP contribution in [0.4, 0.5) is 0 Å². The molecule has 2 rings (SSSR count). The topological polar surface area (TPSA) is 26.3 Å². The van der Waals surface area contributed by atoms with E-state index in [0.717, 1.165) is 12.8 Å². The summed E-state index contributed by atoms with van der Waals surface area (Å²) in [7, 11) is -2.34. The van der Waals surface area contributed by atoms with Gasteiger partial charge in [0.05, 0.1) is 6.10 Å². The monoisotopic (exact) mass is 210 g/mol. The molecule has 0 bridgehead atoms. The summed E-state index contributed by atoms with van der Waals surface area (Å²) in [6.45, 7) is 3.35. The first kappa shape index (κ1) is 9.95. The van der Waals surface area contributed by atoms with E-state index in [9.17, 15) is 4.57 Å². The van der Waals surface area contributed by atoms with Crippen molar-refractivity contribution in [3.05, 3.63) is 35.4 Å². The SMILES string of the molecule is CP(C)(=O)OC1Cc2ccccc2C1. The van der Waals surface area contributed by atoms with Crippen LogP contribution < -0.4 is 0 Å². The van der Waals surface area contributed by atoms with Crippen molar-refractivity contribution in [2.45, 2.75) is 18.9 Å². The molecule has 3 heteroatoms. The Morgan fingerprint density at radius 3 is 2.14 bits per heavy atom. The Bertz CT molecular complexity index is 356. The third-order valence-corrected chi connectivity index (χ3v) is 3.22. The quantitative estimate of drug-likeness (QED) is 0.701. The van der Waals surface area contributed by atoms with Gasteiger partial charge in [-0.3, -0.25) is 4.57 Å². The molecule has 1 aromatic carbocycles. The zero-order chi connectivity index (χ0) is 10.2. The van der Waals surface area contributed by atoms with Crippen molar-refractivity contribution in [3.63, 3.8) is 0 Å². The van der Waals surface area contributed by atoms with Crippen LogP contribution in [-0.4, -0.2) is 19.4 Å². The molecule has 0 saturated heterocycles. The van der Waals surface area contributed by atoms with Gasteiger partial charge in [0, 0.05) is 13.3 Å². The summed E-state index contributed by atoms with van der Waals surface area (Å²) < 4.78 is 17.0. The first-order chi connectivity index (χ1) is 6.54. The fraction of sp³-hybridized carbons (Fsp3) is 0.455. The second-order valence-electron chi connectivity index (χ2n) is 4.16.